The molecule has 106 valence electrons. The van der Waals surface area contributed by atoms with E-state index in [-0.39, 0.29) is 0 Å². The second-order valence-electron chi connectivity index (χ2n) is 4.95. The van der Waals surface area contributed by atoms with E-state index in [1.54, 1.807) is 0 Å². The van der Waals surface area contributed by atoms with E-state index in [1.807, 2.05) is 18.2 Å². The van der Waals surface area contributed by atoms with Gasteiger partial charge in [0, 0.05) is 14.3 Å². The summed E-state index contributed by atoms with van der Waals surface area (Å²) in [5.74, 6) is 0. The molecule has 0 fully saturated rings. The van der Waals surface area contributed by atoms with E-state index in [0.717, 1.165) is 25.8 Å². The second kappa shape index (κ2) is 6.16. The van der Waals surface area contributed by atoms with E-state index in [9.17, 15) is 0 Å². The third kappa shape index (κ3) is 3.27. The zero-order valence-corrected chi connectivity index (χ0v) is 14.7. The average Bonchev–Trinajstić information content (AvgIpc) is 2.46. The number of halogens is 2. The molecule has 0 unspecified atom stereocenters. The number of hydrogen-bond acceptors (Lipinski definition) is 2. The number of rotatable bonds is 3. The van der Waals surface area contributed by atoms with Crippen LogP contribution in [0.1, 0.15) is 11.3 Å². The van der Waals surface area contributed by atoms with Gasteiger partial charge in [0.2, 0.25) is 0 Å². The van der Waals surface area contributed by atoms with Crippen LogP contribution in [0.3, 0.4) is 0 Å². The van der Waals surface area contributed by atoms with Crippen molar-refractivity contribution < 1.29 is 0 Å². The van der Waals surface area contributed by atoms with Gasteiger partial charge in [-0.3, -0.25) is 4.98 Å². The predicted octanol–water partition coefficient (Wildman–Crippen LogP) is 5.68. The van der Waals surface area contributed by atoms with Crippen LogP contribution in [0.5, 0.6) is 0 Å². The van der Waals surface area contributed by atoms with Gasteiger partial charge < -0.3 is 5.32 Å². The summed E-state index contributed by atoms with van der Waals surface area (Å²) < 4.78 is 2.10. The van der Waals surface area contributed by atoms with Crippen LogP contribution in [0, 0.1) is 6.92 Å². The molecule has 1 aromatic heterocycles. The summed E-state index contributed by atoms with van der Waals surface area (Å²) in [6.45, 7) is 2.76. The Morgan fingerprint density at radius 1 is 1.00 bits per heavy atom. The van der Waals surface area contributed by atoms with Crippen molar-refractivity contribution in [2.75, 3.05) is 5.32 Å². The largest absolute Gasteiger partial charge is 0.378 e. The van der Waals surface area contributed by atoms with Crippen LogP contribution in [0.2, 0.25) is 0 Å². The predicted molar refractivity (Wildman–Crippen MR) is 95.6 cm³/mol. The molecule has 2 aromatic carbocycles. The van der Waals surface area contributed by atoms with Crippen LogP contribution in [0.15, 0.2) is 57.5 Å². The Morgan fingerprint density at radius 3 is 2.48 bits per heavy atom. The van der Waals surface area contributed by atoms with E-state index in [2.05, 4.69) is 79.4 Å². The molecule has 3 rings (SSSR count). The summed E-state index contributed by atoms with van der Waals surface area (Å²) in [6, 6.07) is 16.5. The Labute approximate surface area is 140 Å². The van der Waals surface area contributed by atoms with Gasteiger partial charge in [0.1, 0.15) is 0 Å². The molecule has 1 heterocycles. The topological polar surface area (TPSA) is 24.9 Å². The van der Waals surface area contributed by atoms with Crippen molar-refractivity contribution in [3.63, 3.8) is 0 Å². The maximum atomic E-state index is 4.67. The van der Waals surface area contributed by atoms with Gasteiger partial charge in [-0.15, -0.1) is 0 Å². The maximum absolute atomic E-state index is 4.67. The molecule has 0 spiro atoms. The SMILES string of the molecule is Cc1cc(Br)c(NCc2ccc3ccccc3n2)c(Br)c1. The fourth-order valence-electron chi connectivity index (χ4n) is 2.25. The fourth-order valence-corrected chi connectivity index (χ4v) is 3.95. The fraction of sp³-hybridized carbons (Fsp3) is 0.118. The molecule has 4 heteroatoms. The summed E-state index contributed by atoms with van der Waals surface area (Å²) in [5, 5.41) is 4.60. The van der Waals surface area contributed by atoms with Crippen LogP contribution in [-0.2, 0) is 6.54 Å². The molecule has 0 saturated carbocycles. The monoisotopic (exact) mass is 404 g/mol. The molecule has 0 aliphatic carbocycles. The van der Waals surface area contributed by atoms with Gasteiger partial charge in [0.15, 0.2) is 0 Å². The molecule has 0 radical (unpaired) electrons. The maximum Gasteiger partial charge on any atom is 0.0706 e. The van der Waals surface area contributed by atoms with Gasteiger partial charge in [0.25, 0.3) is 0 Å². The van der Waals surface area contributed by atoms with Gasteiger partial charge >= 0.3 is 0 Å². The van der Waals surface area contributed by atoms with Crippen molar-refractivity contribution in [1.29, 1.82) is 0 Å². The average molecular weight is 406 g/mol. The molecule has 0 amide bonds. The molecule has 2 nitrogen and oxygen atoms in total. The first-order valence-corrected chi connectivity index (χ1v) is 8.26. The first kappa shape index (κ1) is 14.5. The summed E-state index contributed by atoms with van der Waals surface area (Å²) in [7, 11) is 0. The highest BCUT2D eigenvalue weighted by Gasteiger charge is 2.06. The third-order valence-corrected chi connectivity index (χ3v) is 4.54. The lowest BCUT2D eigenvalue weighted by molar-refractivity contribution is 1.06. The molecule has 3 aromatic rings. The number of fused-ring (bicyclic) bond motifs is 1. The quantitative estimate of drug-likeness (QED) is 0.606. The summed E-state index contributed by atoms with van der Waals surface area (Å²) >= 11 is 7.20. The van der Waals surface area contributed by atoms with E-state index in [0.29, 0.717) is 6.54 Å². The number of nitrogens with zero attached hydrogens (tertiary/aromatic N) is 1. The standard InChI is InChI=1S/C17H14Br2N2/c1-11-8-14(18)17(15(19)9-11)20-10-13-7-6-12-4-2-3-5-16(12)21-13/h2-9,20H,10H2,1H3. The van der Waals surface area contributed by atoms with Gasteiger partial charge in [-0.2, -0.15) is 0 Å². The Bertz CT molecular complexity index is 777. The van der Waals surface area contributed by atoms with Crippen molar-refractivity contribution in [2.45, 2.75) is 13.5 Å². The van der Waals surface area contributed by atoms with E-state index >= 15 is 0 Å². The molecule has 1 N–H and O–H groups in total. The molecule has 0 bridgehead atoms. The molecule has 0 aliphatic rings. The number of para-hydroxylation sites is 1. The molecule has 0 aliphatic heterocycles. The zero-order chi connectivity index (χ0) is 14.8. The minimum absolute atomic E-state index is 0.686. The highest BCUT2D eigenvalue weighted by atomic mass is 79.9. The Hall–Kier alpha value is -1.39. The summed E-state index contributed by atoms with van der Waals surface area (Å²) in [6.07, 6.45) is 0. The lowest BCUT2D eigenvalue weighted by atomic mass is 10.2. The van der Waals surface area contributed by atoms with Crippen molar-refractivity contribution in [2.24, 2.45) is 0 Å². The third-order valence-electron chi connectivity index (χ3n) is 3.29. The highest BCUT2D eigenvalue weighted by Crippen LogP contribution is 2.32. The molecule has 0 saturated heterocycles. The van der Waals surface area contributed by atoms with Gasteiger partial charge in [-0.05, 0) is 68.6 Å². The minimum atomic E-state index is 0.686. The van der Waals surface area contributed by atoms with Crippen LogP contribution in [-0.4, -0.2) is 4.98 Å². The normalized spacial score (nSPS) is 10.8. The van der Waals surface area contributed by atoms with E-state index in [4.69, 9.17) is 0 Å². The minimum Gasteiger partial charge on any atom is -0.378 e. The van der Waals surface area contributed by atoms with Gasteiger partial charge in [-0.25, -0.2) is 0 Å². The second-order valence-corrected chi connectivity index (χ2v) is 6.66. The highest BCUT2D eigenvalue weighted by molar-refractivity contribution is 9.11. The zero-order valence-electron chi connectivity index (χ0n) is 11.5. The van der Waals surface area contributed by atoms with E-state index in [1.165, 1.54) is 10.9 Å². The van der Waals surface area contributed by atoms with Crippen molar-refractivity contribution in [3.05, 3.63) is 68.7 Å². The Kier molecular flexibility index (Phi) is 4.27. The first-order chi connectivity index (χ1) is 10.1. The number of anilines is 1. The smallest absolute Gasteiger partial charge is 0.0706 e. The Balaban J connectivity index is 1.83. The number of aryl methyl sites for hydroxylation is 1. The Morgan fingerprint density at radius 2 is 1.71 bits per heavy atom. The van der Waals surface area contributed by atoms with Crippen LogP contribution < -0.4 is 5.32 Å². The number of nitrogens with one attached hydrogen (secondary N) is 1. The van der Waals surface area contributed by atoms with Crippen LogP contribution in [0.4, 0.5) is 5.69 Å². The molecular formula is C17H14Br2N2. The van der Waals surface area contributed by atoms with E-state index < -0.39 is 0 Å². The lowest BCUT2D eigenvalue weighted by Crippen LogP contribution is -2.03. The lowest BCUT2D eigenvalue weighted by Gasteiger charge is -2.12. The van der Waals surface area contributed by atoms with Crippen molar-refractivity contribution in [3.8, 4) is 0 Å². The van der Waals surface area contributed by atoms with Crippen molar-refractivity contribution >= 4 is 48.5 Å². The molecule has 21 heavy (non-hydrogen) atoms. The summed E-state index contributed by atoms with van der Waals surface area (Å²) in [4.78, 5) is 4.67. The van der Waals surface area contributed by atoms with Gasteiger partial charge in [0.05, 0.1) is 23.4 Å². The number of benzene rings is 2. The van der Waals surface area contributed by atoms with Gasteiger partial charge in [-0.1, -0.05) is 24.3 Å². The molecular weight excluding hydrogens is 392 g/mol. The molecule has 0 atom stereocenters. The number of aromatic nitrogens is 1. The van der Waals surface area contributed by atoms with Crippen LogP contribution >= 0.6 is 31.9 Å². The number of pyridine rings is 1. The van der Waals surface area contributed by atoms with Crippen molar-refractivity contribution in [1.82, 2.24) is 4.98 Å². The summed E-state index contributed by atoms with van der Waals surface area (Å²) in [5.41, 5.74) is 4.31. The van der Waals surface area contributed by atoms with Crippen LogP contribution in [0.25, 0.3) is 10.9 Å². The number of hydrogen-bond donors (Lipinski definition) is 1. The first-order valence-electron chi connectivity index (χ1n) is 6.68.